The summed E-state index contributed by atoms with van der Waals surface area (Å²) >= 11 is 1.09. The van der Waals surface area contributed by atoms with Crippen molar-refractivity contribution < 1.29 is 29.0 Å². The minimum Gasteiger partial charge on any atom is -0.480 e. The monoisotopic (exact) mass is 319 g/mol. The number of rotatable bonds is 3. The molecule has 2 unspecified atom stereocenters. The lowest BCUT2D eigenvalue weighted by atomic mass is 9.97. The highest BCUT2D eigenvalue weighted by Crippen LogP contribution is 2.42. The van der Waals surface area contributed by atoms with E-state index in [1.165, 1.54) is 18.9 Å². The summed E-state index contributed by atoms with van der Waals surface area (Å²) in [5, 5.41) is 9.41. The molecule has 1 fully saturated rings. The molecule has 0 bridgehead atoms. The second-order valence-electron chi connectivity index (χ2n) is 5.93. The number of carbonyl (C=O) groups is 3. The molecule has 8 heteroatoms. The van der Waals surface area contributed by atoms with E-state index in [0.717, 1.165) is 11.8 Å². The minimum atomic E-state index is -1.27. The fourth-order valence-corrected chi connectivity index (χ4v) is 3.16. The molecule has 0 aromatic heterocycles. The molecule has 0 aromatic carbocycles. The first-order valence-electron chi connectivity index (χ1n) is 6.45. The molecule has 1 aliphatic heterocycles. The summed E-state index contributed by atoms with van der Waals surface area (Å²) in [6.07, 6.45) is -0.820. The van der Waals surface area contributed by atoms with Gasteiger partial charge in [0.05, 0.1) is 25.4 Å². The third kappa shape index (κ3) is 4.03. The quantitative estimate of drug-likeness (QED) is 0.791. The van der Waals surface area contributed by atoms with E-state index in [0.29, 0.717) is 0 Å². The maximum Gasteiger partial charge on any atom is 0.411 e. The van der Waals surface area contributed by atoms with Crippen molar-refractivity contribution in [3.05, 3.63) is 0 Å². The number of carboxylic acids is 1. The third-order valence-corrected chi connectivity index (χ3v) is 4.61. The average molecular weight is 319 g/mol. The van der Waals surface area contributed by atoms with E-state index < -0.39 is 34.4 Å². The van der Waals surface area contributed by atoms with E-state index in [1.54, 1.807) is 20.8 Å². The number of hydrogen-bond acceptors (Lipinski definition) is 6. The average Bonchev–Trinajstić information content (AvgIpc) is 2.66. The van der Waals surface area contributed by atoms with Crippen LogP contribution in [0, 0.1) is 0 Å². The van der Waals surface area contributed by atoms with Gasteiger partial charge >= 0.3 is 18.0 Å². The van der Waals surface area contributed by atoms with Crippen LogP contribution in [0.1, 0.15) is 34.1 Å². The Morgan fingerprint density at radius 1 is 1.38 bits per heavy atom. The smallest absolute Gasteiger partial charge is 0.411 e. The number of aliphatic carboxylic acids is 1. The second kappa shape index (κ2) is 6.13. The molecule has 1 N–H and O–H groups in total. The molecule has 1 saturated heterocycles. The van der Waals surface area contributed by atoms with Gasteiger partial charge in [0.25, 0.3) is 0 Å². The molecule has 1 amide bonds. The fourth-order valence-electron chi connectivity index (χ4n) is 1.94. The van der Waals surface area contributed by atoms with Crippen LogP contribution in [0.25, 0.3) is 0 Å². The molecular formula is C13H21NO6S. The minimum absolute atomic E-state index is 0.152. The van der Waals surface area contributed by atoms with Crippen molar-refractivity contribution in [3.8, 4) is 0 Å². The SMILES string of the molecule is COC(=O)CC1N(C(=O)OC(C)(C)C)CSC1(C)C(=O)O. The maximum absolute atomic E-state index is 12.2. The standard InChI is InChI=1S/C13H21NO6S/c1-12(2,3)20-11(18)14-7-21-13(4,10(16)17)8(14)6-9(15)19-5/h8H,6-7H2,1-5H3,(H,16,17). The zero-order chi connectivity index (χ0) is 16.4. The predicted octanol–water partition coefficient (Wildman–Crippen LogP) is 1.70. The van der Waals surface area contributed by atoms with Crippen molar-refractivity contribution in [2.45, 2.75) is 50.5 Å². The van der Waals surface area contributed by atoms with Gasteiger partial charge in [-0.1, -0.05) is 0 Å². The Balaban J connectivity index is 3.00. The molecule has 0 aliphatic carbocycles. The molecule has 0 spiro atoms. The summed E-state index contributed by atoms with van der Waals surface area (Å²) in [6, 6.07) is -0.817. The number of carboxylic acid groups (broad SMARTS) is 1. The van der Waals surface area contributed by atoms with Crippen LogP contribution in [0.15, 0.2) is 0 Å². The molecule has 2 atom stereocenters. The van der Waals surface area contributed by atoms with E-state index in [1.807, 2.05) is 0 Å². The van der Waals surface area contributed by atoms with Crippen LogP contribution in [-0.4, -0.2) is 57.4 Å². The molecule has 21 heavy (non-hydrogen) atoms. The van der Waals surface area contributed by atoms with E-state index in [2.05, 4.69) is 4.74 Å². The molecule has 0 saturated carbocycles. The van der Waals surface area contributed by atoms with Crippen LogP contribution < -0.4 is 0 Å². The Hall–Kier alpha value is -1.44. The summed E-state index contributed by atoms with van der Waals surface area (Å²) in [5.74, 6) is -1.49. The van der Waals surface area contributed by atoms with E-state index in [-0.39, 0.29) is 12.3 Å². The molecule has 1 aliphatic rings. The maximum atomic E-state index is 12.2. The number of hydrogen-bond donors (Lipinski definition) is 1. The normalized spacial score (nSPS) is 25.6. The first-order valence-corrected chi connectivity index (χ1v) is 7.43. The Labute approximate surface area is 128 Å². The molecular weight excluding hydrogens is 298 g/mol. The zero-order valence-corrected chi connectivity index (χ0v) is 13.7. The van der Waals surface area contributed by atoms with Gasteiger partial charge in [0.2, 0.25) is 0 Å². The molecule has 120 valence electrons. The number of carbonyl (C=O) groups excluding carboxylic acids is 2. The van der Waals surface area contributed by atoms with Crippen molar-refractivity contribution >= 4 is 29.8 Å². The number of esters is 1. The van der Waals surface area contributed by atoms with E-state index in [9.17, 15) is 19.5 Å². The fraction of sp³-hybridized carbons (Fsp3) is 0.769. The topological polar surface area (TPSA) is 93.1 Å². The highest BCUT2D eigenvalue weighted by atomic mass is 32.2. The Morgan fingerprint density at radius 3 is 2.38 bits per heavy atom. The first-order chi connectivity index (χ1) is 9.51. The molecule has 0 aromatic rings. The number of amides is 1. The number of ether oxygens (including phenoxy) is 2. The lowest BCUT2D eigenvalue weighted by Crippen LogP contribution is -2.51. The van der Waals surface area contributed by atoms with Crippen molar-refractivity contribution in [3.63, 3.8) is 0 Å². The van der Waals surface area contributed by atoms with Crippen molar-refractivity contribution in [1.82, 2.24) is 4.90 Å². The lowest BCUT2D eigenvalue weighted by Gasteiger charge is -2.31. The van der Waals surface area contributed by atoms with Gasteiger partial charge in [0.15, 0.2) is 0 Å². The Kier molecular flexibility index (Phi) is 5.14. The summed E-state index contributed by atoms with van der Waals surface area (Å²) in [6.45, 7) is 6.66. The van der Waals surface area contributed by atoms with Gasteiger partial charge in [-0.3, -0.25) is 14.5 Å². The van der Waals surface area contributed by atoms with Crippen LogP contribution in [0.5, 0.6) is 0 Å². The Bertz CT molecular complexity index is 446. The highest BCUT2D eigenvalue weighted by molar-refractivity contribution is 8.01. The van der Waals surface area contributed by atoms with E-state index in [4.69, 9.17) is 4.74 Å². The first kappa shape index (κ1) is 17.6. The Morgan fingerprint density at radius 2 is 1.95 bits per heavy atom. The van der Waals surface area contributed by atoms with Crippen LogP contribution in [0.3, 0.4) is 0 Å². The largest absolute Gasteiger partial charge is 0.480 e. The third-order valence-electron chi connectivity index (χ3n) is 3.16. The van der Waals surface area contributed by atoms with Gasteiger partial charge in [-0.25, -0.2) is 4.79 Å². The van der Waals surface area contributed by atoms with Crippen LogP contribution in [0.4, 0.5) is 4.79 Å². The van der Waals surface area contributed by atoms with Crippen LogP contribution in [0.2, 0.25) is 0 Å². The van der Waals surface area contributed by atoms with Crippen LogP contribution >= 0.6 is 11.8 Å². The van der Waals surface area contributed by atoms with Gasteiger partial charge in [-0.05, 0) is 27.7 Å². The number of methoxy groups -OCH3 is 1. The van der Waals surface area contributed by atoms with Crippen molar-refractivity contribution in [1.29, 1.82) is 0 Å². The van der Waals surface area contributed by atoms with Crippen molar-refractivity contribution in [2.75, 3.05) is 13.0 Å². The zero-order valence-electron chi connectivity index (χ0n) is 12.8. The van der Waals surface area contributed by atoms with Gasteiger partial charge < -0.3 is 14.6 Å². The van der Waals surface area contributed by atoms with Crippen LogP contribution in [-0.2, 0) is 19.1 Å². The molecule has 7 nitrogen and oxygen atoms in total. The summed E-state index contributed by atoms with van der Waals surface area (Å²) in [5.41, 5.74) is -0.695. The van der Waals surface area contributed by atoms with Gasteiger partial charge in [-0.2, -0.15) is 0 Å². The molecule has 0 radical (unpaired) electrons. The van der Waals surface area contributed by atoms with E-state index >= 15 is 0 Å². The van der Waals surface area contributed by atoms with Gasteiger partial charge in [-0.15, -0.1) is 11.8 Å². The van der Waals surface area contributed by atoms with Gasteiger partial charge in [0.1, 0.15) is 10.3 Å². The lowest BCUT2D eigenvalue weighted by molar-refractivity contribution is -0.144. The van der Waals surface area contributed by atoms with Crippen molar-refractivity contribution in [2.24, 2.45) is 0 Å². The molecule has 1 rings (SSSR count). The molecule has 1 heterocycles. The predicted molar refractivity (Wildman–Crippen MR) is 77.0 cm³/mol. The highest BCUT2D eigenvalue weighted by Gasteiger charge is 2.53. The summed E-state index contributed by atoms with van der Waals surface area (Å²) in [4.78, 5) is 36.5. The number of nitrogens with zero attached hydrogens (tertiary/aromatic N) is 1. The number of thioether (sulfide) groups is 1. The van der Waals surface area contributed by atoms with Gasteiger partial charge in [0, 0.05) is 0 Å². The second-order valence-corrected chi connectivity index (χ2v) is 7.33. The summed E-state index contributed by atoms with van der Waals surface area (Å²) < 4.78 is 8.59. The summed E-state index contributed by atoms with van der Waals surface area (Å²) in [7, 11) is 1.22.